The monoisotopic (exact) mass is 589 g/mol. The van der Waals surface area contributed by atoms with Gasteiger partial charge in [-0.05, 0) is 100 Å². The number of hydrogen-bond donors (Lipinski definition) is 1. The van der Waals surface area contributed by atoms with Crippen molar-refractivity contribution >= 4 is 35.2 Å². The second-order valence-corrected chi connectivity index (χ2v) is 12.9. The van der Waals surface area contributed by atoms with Crippen molar-refractivity contribution in [2.45, 2.75) is 65.5 Å². The Balaban J connectivity index is 1.34. The van der Waals surface area contributed by atoms with E-state index in [4.69, 9.17) is 16.3 Å². The molecule has 3 aliphatic rings. The number of nitrogens with one attached hydrogen (secondary N) is 1. The molecule has 3 heterocycles. The summed E-state index contributed by atoms with van der Waals surface area (Å²) in [5.41, 5.74) is 5.27. The van der Waals surface area contributed by atoms with Crippen LogP contribution in [0.4, 0.5) is 10.5 Å². The van der Waals surface area contributed by atoms with Crippen LogP contribution in [0.25, 0.3) is 5.69 Å². The van der Waals surface area contributed by atoms with Crippen LogP contribution >= 0.6 is 11.6 Å². The quantitative estimate of drug-likeness (QED) is 0.426. The number of aryl methyl sites for hydroxylation is 1. The maximum absolute atomic E-state index is 14.3. The van der Waals surface area contributed by atoms with Crippen LogP contribution in [0.5, 0.6) is 0 Å². The van der Waals surface area contributed by atoms with Crippen molar-refractivity contribution in [3.05, 3.63) is 75.1 Å². The minimum Gasteiger partial charge on any atom is -0.444 e. The van der Waals surface area contributed by atoms with Crippen molar-refractivity contribution < 1.29 is 19.1 Å². The highest BCUT2D eigenvalue weighted by molar-refractivity contribution is 6.30. The summed E-state index contributed by atoms with van der Waals surface area (Å²) in [6.07, 6.45) is 3.10. The number of nitrogens with zero attached hydrogens (tertiary/aromatic N) is 4. The number of amides is 3. The predicted octanol–water partition coefficient (Wildman–Crippen LogP) is 5.47. The molecule has 9 nitrogen and oxygen atoms in total. The van der Waals surface area contributed by atoms with Crippen molar-refractivity contribution in [2.24, 2.45) is 5.92 Å². The Morgan fingerprint density at radius 3 is 2.60 bits per heavy atom. The number of benzene rings is 2. The Labute approximate surface area is 250 Å². The van der Waals surface area contributed by atoms with E-state index in [0.29, 0.717) is 66.9 Å². The predicted molar refractivity (Wildman–Crippen MR) is 161 cm³/mol. The van der Waals surface area contributed by atoms with Gasteiger partial charge in [0, 0.05) is 42.5 Å². The third-order valence-corrected chi connectivity index (χ3v) is 8.24. The molecule has 3 amide bonds. The fourth-order valence-corrected chi connectivity index (χ4v) is 5.89. The van der Waals surface area contributed by atoms with E-state index >= 15 is 0 Å². The van der Waals surface area contributed by atoms with Gasteiger partial charge in [0.25, 0.3) is 11.8 Å². The number of carbonyl (C=O) groups excluding carboxylic acids is 3. The van der Waals surface area contributed by atoms with Crippen LogP contribution in [-0.2, 0) is 24.1 Å². The highest BCUT2D eigenvalue weighted by Gasteiger charge is 2.37. The minimum atomic E-state index is -0.576. The van der Waals surface area contributed by atoms with Gasteiger partial charge in [-0.2, -0.15) is 5.10 Å². The van der Waals surface area contributed by atoms with Gasteiger partial charge in [-0.3, -0.25) is 9.59 Å². The molecule has 0 atom stereocenters. The van der Waals surface area contributed by atoms with Gasteiger partial charge in [0.1, 0.15) is 11.3 Å². The van der Waals surface area contributed by atoms with E-state index in [9.17, 15) is 14.4 Å². The van der Waals surface area contributed by atoms with Crippen molar-refractivity contribution in [3.63, 3.8) is 0 Å². The SMILES string of the molecule is Cc1cc2c(cc1N1CCc3c(C(=O)NCC4CC4)nn(-c4cccc(Cl)c4)c3C1=O)CN(C(=O)OC(C)(C)C)CC2. The topological polar surface area (TPSA) is 96.8 Å². The van der Waals surface area contributed by atoms with Gasteiger partial charge in [-0.15, -0.1) is 0 Å². The van der Waals surface area contributed by atoms with Gasteiger partial charge in [0.05, 0.1) is 5.69 Å². The zero-order valence-electron chi connectivity index (χ0n) is 24.5. The Morgan fingerprint density at radius 2 is 1.88 bits per heavy atom. The second kappa shape index (κ2) is 10.8. The van der Waals surface area contributed by atoms with Crippen LogP contribution in [-0.4, -0.2) is 57.8 Å². The van der Waals surface area contributed by atoms with Crippen LogP contribution in [0.1, 0.15) is 76.8 Å². The van der Waals surface area contributed by atoms with Crippen molar-refractivity contribution in [2.75, 3.05) is 24.5 Å². The molecule has 10 heteroatoms. The van der Waals surface area contributed by atoms with Gasteiger partial charge in [0.2, 0.25) is 0 Å². The Morgan fingerprint density at radius 1 is 1.10 bits per heavy atom. The largest absolute Gasteiger partial charge is 0.444 e. The third kappa shape index (κ3) is 5.62. The maximum Gasteiger partial charge on any atom is 0.410 e. The standard InChI is InChI=1S/C32H36ClN5O4/c1-19-14-21-10-12-36(31(41)42-32(2,3)4)18-22(21)15-26(19)37-13-11-25-27(29(39)34-17-20-8-9-20)35-38(28(25)30(37)40)24-7-5-6-23(33)16-24/h5-7,14-16,20H,8-13,17-18H2,1-4H3,(H,34,39). The molecule has 0 spiro atoms. The van der Waals surface area contributed by atoms with Gasteiger partial charge in [0.15, 0.2) is 5.69 Å². The summed E-state index contributed by atoms with van der Waals surface area (Å²) >= 11 is 6.30. The lowest BCUT2D eigenvalue weighted by atomic mass is 9.94. The summed E-state index contributed by atoms with van der Waals surface area (Å²) in [7, 11) is 0. The summed E-state index contributed by atoms with van der Waals surface area (Å²) < 4.78 is 7.16. The van der Waals surface area contributed by atoms with E-state index in [1.807, 2.05) is 39.8 Å². The van der Waals surface area contributed by atoms with E-state index in [2.05, 4.69) is 16.5 Å². The average molecular weight is 590 g/mol. The number of anilines is 1. The van der Waals surface area contributed by atoms with Crippen LogP contribution in [0.15, 0.2) is 36.4 Å². The fraction of sp³-hybridized carbons (Fsp3) is 0.438. The van der Waals surface area contributed by atoms with Crippen LogP contribution < -0.4 is 10.2 Å². The molecule has 2 aromatic carbocycles. The number of rotatable bonds is 5. The van der Waals surface area contributed by atoms with Crippen LogP contribution in [0.3, 0.4) is 0 Å². The molecule has 1 saturated carbocycles. The Kier molecular flexibility index (Phi) is 7.25. The first-order chi connectivity index (χ1) is 20.0. The number of hydrogen-bond acceptors (Lipinski definition) is 5. The number of aromatic nitrogens is 2. The highest BCUT2D eigenvalue weighted by Crippen LogP contribution is 2.34. The van der Waals surface area contributed by atoms with E-state index in [1.165, 1.54) is 5.56 Å². The molecule has 1 aromatic heterocycles. The molecular weight excluding hydrogens is 554 g/mol. The lowest BCUT2D eigenvalue weighted by molar-refractivity contribution is 0.0223. The summed E-state index contributed by atoms with van der Waals surface area (Å²) in [6.45, 7) is 9.60. The zero-order chi connectivity index (χ0) is 29.8. The van der Waals surface area contributed by atoms with Gasteiger partial charge >= 0.3 is 6.09 Å². The number of ether oxygens (including phenoxy) is 1. The molecule has 0 radical (unpaired) electrons. The summed E-state index contributed by atoms with van der Waals surface area (Å²) in [6, 6.07) is 11.3. The first kappa shape index (κ1) is 28.3. The van der Waals surface area contributed by atoms with Gasteiger partial charge < -0.3 is 19.9 Å². The van der Waals surface area contributed by atoms with E-state index in [1.54, 1.807) is 32.7 Å². The van der Waals surface area contributed by atoms with Crippen LogP contribution in [0.2, 0.25) is 5.02 Å². The minimum absolute atomic E-state index is 0.229. The Bertz CT molecular complexity index is 1590. The lowest BCUT2D eigenvalue weighted by Gasteiger charge is -2.34. The molecule has 0 bridgehead atoms. The second-order valence-electron chi connectivity index (χ2n) is 12.5. The maximum atomic E-state index is 14.3. The average Bonchev–Trinajstić information content (AvgIpc) is 3.68. The van der Waals surface area contributed by atoms with E-state index in [-0.39, 0.29) is 23.6 Å². The Hall–Kier alpha value is -3.85. The molecule has 1 N–H and O–H groups in total. The molecule has 0 saturated heterocycles. The molecule has 42 heavy (non-hydrogen) atoms. The molecule has 220 valence electrons. The normalized spacial score (nSPS) is 16.6. The molecule has 6 rings (SSSR count). The van der Waals surface area contributed by atoms with E-state index in [0.717, 1.165) is 29.7 Å². The molecule has 1 aliphatic carbocycles. The summed E-state index contributed by atoms with van der Waals surface area (Å²) in [5.74, 6) is 0.0374. The molecular formula is C32H36ClN5O4. The molecule has 3 aromatic rings. The van der Waals surface area contributed by atoms with Gasteiger partial charge in [-0.1, -0.05) is 23.7 Å². The number of carbonyl (C=O) groups is 3. The fourth-order valence-electron chi connectivity index (χ4n) is 5.70. The van der Waals surface area contributed by atoms with E-state index < -0.39 is 5.60 Å². The van der Waals surface area contributed by atoms with Crippen molar-refractivity contribution in [3.8, 4) is 5.69 Å². The lowest BCUT2D eigenvalue weighted by Crippen LogP contribution is -2.41. The first-order valence-electron chi connectivity index (χ1n) is 14.6. The van der Waals surface area contributed by atoms with Crippen LogP contribution in [0, 0.1) is 12.8 Å². The third-order valence-electron chi connectivity index (χ3n) is 8.01. The first-order valence-corrected chi connectivity index (χ1v) is 14.9. The number of halogens is 1. The summed E-state index contributed by atoms with van der Waals surface area (Å²) in [4.78, 5) is 43.8. The highest BCUT2D eigenvalue weighted by atomic mass is 35.5. The molecule has 2 aliphatic heterocycles. The molecule has 0 unspecified atom stereocenters. The zero-order valence-corrected chi connectivity index (χ0v) is 25.3. The number of fused-ring (bicyclic) bond motifs is 2. The smallest absolute Gasteiger partial charge is 0.410 e. The van der Waals surface area contributed by atoms with Crippen molar-refractivity contribution in [1.29, 1.82) is 0 Å². The molecule has 1 fully saturated rings. The summed E-state index contributed by atoms with van der Waals surface area (Å²) in [5, 5.41) is 8.19. The van der Waals surface area contributed by atoms with Gasteiger partial charge in [-0.25, -0.2) is 9.48 Å². The van der Waals surface area contributed by atoms with Crippen molar-refractivity contribution in [1.82, 2.24) is 20.0 Å².